The summed E-state index contributed by atoms with van der Waals surface area (Å²) in [6.07, 6.45) is 0. The molecule has 1 aromatic carbocycles. The molecule has 1 amide bonds. The van der Waals surface area contributed by atoms with Gasteiger partial charge >= 0.3 is 0 Å². The summed E-state index contributed by atoms with van der Waals surface area (Å²) in [5, 5.41) is 3.06. The van der Waals surface area contributed by atoms with Crippen molar-refractivity contribution in [3.05, 3.63) is 35.4 Å². The number of guanidine groups is 1. The van der Waals surface area contributed by atoms with Crippen molar-refractivity contribution in [2.45, 2.75) is 32.9 Å². The van der Waals surface area contributed by atoms with Gasteiger partial charge in [-0.3, -0.25) is 4.79 Å². The molecule has 0 fully saturated rings. The Morgan fingerprint density at radius 3 is 2.56 bits per heavy atom. The summed E-state index contributed by atoms with van der Waals surface area (Å²) in [6.45, 7) is 6.42. The van der Waals surface area contributed by atoms with Crippen LogP contribution >= 0.6 is 0 Å². The minimum Gasteiger partial charge on any atom is -0.370 e. The first-order chi connectivity index (χ1) is 8.28. The normalized spacial score (nSPS) is 12.3. The maximum atomic E-state index is 11.0. The second kappa shape index (κ2) is 5.53. The quantitative estimate of drug-likeness (QED) is 0.550. The number of nitrogens with zero attached hydrogens (tertiary/aromatic N) is 1. The van der Waals surface area contributed by atoms with E-state index in [1.54, 1.807) is 18.2 Å². The topological polar surface area (TPSA) is 93.5 Å². The second-order valence-electron chi connectivity index (χ2n) is 5.14. The molecule has 0 spiro atoms. The van der Waals surface area contributed by atoms with Crippen molar-refractivity contribution in [1.29, 1.82) is 0 Å². The molecule has 0 aliphatic rings. The van der Waals surface area contributed by atoms with Crippen LogP contribution in [0.25, 0.3) is 0 Å². The lowest BCUT2D eigenvalue weighted by Gasteiger charge is -2.20. The molecule has 0 radical (unpaired) electrons. The molecule has 98 valence electrons. The van der Waals surface area contributed by atoms with E-state index in [1.165, 1.54) is 0 Å². The van der Waals surface area contributed by atoms with Crippen LogP contribution in [0.15, 0.2) is 29.3 Å². The Bertz CT molecular complexity index is 460. The Morgan fingerprint density at radius 1 is 1.33 bits per heavy atom. The Labute approximate surface area is 107 Å². The number of nitrogens with one attached hydrogen (secondary N) is 1. The monoisotopic (exact) mass is 248 g/mol. The van der Waals surface area contributed by atoms with Gasteiger partial charge in [-0.25, -0.2) is 4.99 Å². The Hall–Kier alpha value is -2.04. The van der Waals surface area contributed by atoms with Crippen LogP contribution in [-0.4, -0.2) is 17.4 Å². The van der Waals surface area contributed by atoms with Crippen LogP contribution in [0.3, 0.4) is 0 Å². The molecule has 0 bridgehead atoms. The van der Waals surface area contributed by atoms with E-state index in [0.29, 0.717) is 18.1 Å². The molecule has 0 saturated carbocycles. The summed E-state index contributed by atoms with van der Waals surface area (Å²) in [5.41, 5.74) is 12.2. The molecule has 5 N–H and O–H groups in total. The van der Waals surface area contributed by atoms with Crippen molar-refractivity contribution in [1.82, 2.24) is 5.32 Å². The molecule has 1 rings (SSSR count). The Balaban J connectivity index is 2.71. The summed E-state index contributed by atoms with van der Waals surface area (Å²) in [5.74, 6) is -0.0615. The maximum Gasteiger partial charge on any atom is 0.248 e. The highest BCUT2D eigenvalue weighted by Crippen LogP contribution is 2.06. The lowest BCUT2D eigenvalue weighted by Crippen LogP contribution is -2.44. The number of hydrogen-bond donors (Lipinski definition) is 3. The van der Waals surface area contributed by atoms with Gasteiger partial charge in [0.1, 0.15) is 0 Å². The zero-order chi connectivity index (χ0) is 13.8. The molecule has 18 heavy (non-hydrogen) atoms. The summed E-state index contributed by atoms with van der Waals surface area (Å²) in [7, 11) is 0. The molecule has 0 saturated heterocycles. The summed E-state index contributed by atoms with van der Waals surface area (Å²) >= 11 is 0. The minimum atomic E-state index is -0.443. The summed E-state index contributed by atoms with van der Waals surface area (Å²) in [6, 6.07) is 7.04. The van der Waals surface area contributed by atoms with Gasteiger partial charge < -0.3 is 16.8 Å². The van der Waals surface area contributed by atoms with Crippen molar-refractivity contribution in [2.75, 3.05) is 0 Å². The van der Waals surface area contributed by atoms with Crippen molar-refractivity contribution < 1.29 is 4.79 Å². The number of carbonyl (C=O) groups excluding carboxylic acids is 1. The van der Waals surface area contributed by atoms with E-state index < -0.39 is 5.91 Å². The maximum absolute atomic E-state index is 11.0. The lowest BCUT2D eigenvalue weighted by molar-refractivity contribution is 0.1000. The van der Waals surface area contributed by atoms with Crippen molar-refractivity contribution in [2.24, 2.45) is 16.5 Å². The van der Waals surface area contributed by atoms with Gasteiger partial charge in [0, 0.05) is 11.1 Å². The highest BCUT2D eigenvalue weighted by molar-refractivity contribution is 5.92. The fraction of sp³-hybridized carbons (Fsp3) is 0.385. The second-order valence-corrected chi connectivity index (χ2v) is 5.14. The highest BCUT2D eigenvalue weighted by Gasteiger charge is 2.09. The molecule has 5 heteroatoms. The van der Waals surface area contributed by atoms with E-state index in [4.69, 9.17) is 11.5 Å². The van der Waals surface area contributed by atoms with E-state index in [-0.39, 0.29) is 5.54 Å². The lowest BCUT2D eigenvalue weighted by atomic mass is 10.1. The predicted molar refractivity (Wildman–Crippen MR) is 73.2 cm³/mol. The van der Waals surface area contributed by atoms with Crippen LogP contribution in [0, 0.1) is 0 Å². The third kappa shape index (κ3) is 4.86. The molecule has 1 aromatic rings. The van der Waals surface area contributed by atoms with Crippen LogP contribution in [0.2, 0.25) is 0 Å². The number of amides is 1. The largest absolute Gasteiger partial charge is 0.370 e. The van der Waals surface area contributed by atoms with Crippen LogP contribution in [0.5, 0.6) is 0 Å². The third-order valence-electron chi connectivity index (χ3n) is 2.15. The van der Waals surface area contributed by atoms with Crippen molar-refractivity contribution in [3.8, 4) is 0 Å². The number of benzene rings is 1. The van der Waals surface area contributed by atoms with Gasteiger partial charge in [-0.05, 0) is 38.5 Å². The molecule has 0 heterocycles. The average Bonchev–Trinajstić information content (AvgIpc) is 2.24. The first-order valence-electron chi connectivity index (χ1n) is 5.75. The van der Waals surface area contributed by atoms with E-state index in [2.05, 4.69) is 10.3 Å². The molecular weight excluding hydrogens is 228 g/mol. The number of rotatable bonds is 3. The number of nitrogens with two attached hydrogens (primary N) is 2. The number of aliphatic imine (C=N–C) groups is 1. The van der Waals surface area contributed by atoms with Crippen LogP contribution in [-0.2, 0) is 6.54 Å². The smallest absolute Gasteiger partial charge is 0.248 e. The predicted octanol–water partition coefficient (Wildman–Crippen LogP) is 0.988. The van der Waals surface area contributed by atoms with Gasteiger partial charge in [0.2, 0.25) is 5.91 Å². The third-order valence-corrected chi connectivity index (χ3v) is 2.15. The van der Waals surface area contributed by atoms with Crippen LogP contribution in [0.4, 0.5) is 0 Å². The minimum absolute atomic E-state index is 0.122. The van der Waals surface area contributed by atoms with Gasteiger partial charge in [-0.1, -0.05) is 12.1 Å². The number of hydrogen-bond acceptors (Lipinski definition) is 2. The van der Waals surface area contributed by atoms with E-state index in [0.717, 1.165) is 5.56 Å². The molecule has 0 aliphatic heterocycles. The molecular formula is C13H20N4O. The summed E-state index contributed by atoms with van der Waals surface area (Å²) < 4.78 is 0. The van der Waals surface area contributed by atoms with Crippen molar-refractivity contribution >= 4 is 11.9 Å². The van der Waals surface area contributed by atoms with Gasteiger partial charge in [-0.15, -0.1) is 0 Å². The van der Waals surface area contributed by atoms with Gasteiger partial charge in [0.25, 0.3) is 0 Å². The molecule has 0 unspecified atom stereocenters. The Kier molecular flexibility index (Phi) is 4.31. The molecule has 5 nitrogen and oxygen atoms in total. The zero-order valence-corrected chi connectivity index (χ0v) is 11.0. The van der Waals surface area contributed by atoms with Crippen molar-refractivity contribution in [3.63, 3.8) is 0 Å². The van der Waals surface area contributed by atoms with Crippen LogP contribution < -0.4 is 16.8 Å². The Morgan fingerprint density at radius 2 is 2.00 bits per heavy atom. The number of primary amides is 1. The highest BCUT2D eigenvalue weighted by atomic mass is 16.1. The number of carbonyl (C=O) groups is 1. The van der Waals surface area contributed by atoms with Gasteiger partial charge in [0.15, 0.2) is 5.96 Å². The van der Waals surface area contributed by atoms with E-state index >= 15 is 0 Å². The van der Waals surface area contributed by atoms with E-state index in [1.807, 2.05) is 26.8 Å². The first-order valence-corrected chi connectivity index (χ1v) is 5.75. The fourth-order valence-corrected chi connectivity index (χ4v) is 1.42. The zero-order valence-electron chi connectivity index (χ0n) is 11.0. The SMILES string of the molecule is CC(C)(C)NC(N)=NCc1cccc(C(N)=O)c1. The summed E-state index contributed by atoms with van der Waals surface area (Å²) in [4.78, 5) is 15.2. The van der Waals surface area contributed by atoms with Gasteiger partial charge in [-0.2, -0.15) is 0 Å². The van der Waals surface area contributed by atoms with E-state index in [9.17, 15) is 4.79 Å². The fourth-order valence-electron chi connectivity index (χ4n) is 1.42. The molecule has 0 aliphatic carbocycles. The first kappa shape index (κ1) is 14.0. The standard InChI is InChI=1S/C13H20N4O/c1-13(2,3)17-12(15)16-8-9-5-4-6-10(7-9)11(14)18/h4-7H,8H2,1-3H3,(H2,14,18)(H3,15,16,17). The van der Waals surface area contributed by atoms with Gasteiger partial charge in [0.05, 0.1) is 6.54 Å². The average molecular weight is 248 g/mol. The van der Waals surface area contributed by atoms with Crippen LogP contribution in [0.1, 0.15) is 36.7 Å². The molecule has 0 atom stereocenters. The molecule has 0 aromatic heterocycles.